The lowest BCUT2D eigenvalue weighted by Gasteiger charge is -2.03. The summed E-state index contributed by atoms with van der Waals surface area (Å²) >= 11 is 1.66. The van der Waals surface area contributed by atoms with E-state index in [1.807, 2.05) is 46.8 Å². The van der Waals surface area contributed by atoms with Crippen molar-refractivity contribution in [2.45, 2.75) is 34.6 Å². The van der Waals surface area contributed by atoms with Crippen molar-refractivity contribution in [1.29, 1.82) is 0 Å². The second-order valence-electron chi connectivity index (χ2n) is 2.64. The molecule has 0 rings (SSSR count). The monoisotopic (exact) mass is 210 g/mol. The molecular weight excluding hydrogens is 188 g/mol. The van der Waals surface area contributed by atoms with Gasteiger partial charge in [0.2, 0.25) is 0 Å². The fourth-order valence-corrected chi connectivity index (χ4v) is 1.33. The van der Waals surface area contributed by atoms with E-state index in [-0.39, 0.29) is 0 Å². The van der Waals surface area contributed by atoms with Crippen LogP contribution in [0.2, 0.25) is 0 Å². The zero-order valence-electron chi connectivity index (χ0n) is 10.1. The van der Waals surface area contributed by atoms with Gasteiger partial charge in [-0.05, 0) is 37.3 Å². The Morgan fingerprint density at radius 2 is 1.64 bits per heavy atom. The summed E-state index contributed by atoms with van der Waals surface area (Å²) in [5.74, 6) is 0. The van der Waals surface area contributed by atoms with Gasteiger partial charge in [-0.25, -0.2) is 0 Å². The molecule has 0 aromatic heterocycles. The van der Waals surface area contributed by atoms with E-state index in [1.54, 1.807) is 11.8 Å². The summed E-state index contributed by atoms with van der Waals surface area (Å²) in [6.45, 7) is 17.7. The maximum absolute atomic E-state index is 3.90. The van der Waals surface area contributed by atoms with E-state index in [0.717, 1.165) is 10.5 Å². The number of allylic oxidation sites excluding steroid dienone is 5. The lowest BCUT2D eigenvalue weighted by Crippen LogP contribution is -1.76. The van der Waals surface area contributed by atoms with Crippen LogP contribution in [0.15, 0.2) is 46.8 Å². The van der Waals surface area contributed by atoms with Crippen LogP contribution in [0, 0.1) is 0 Å². The highest BCUT2D eigenvalue weighted by molar-refractivity contribution is 8.06. The van der Waals surface area contributed by atoms with Crippen molar-refractivity contribution >= 4 is 11.8 Å². The Morgan fingerprint density at radius 3 is 1.93 bits per heavy atom. The van der Waals surface area contributed by atoms with Gasteiger partial charge in [-0.2, -0.15) is 0 Å². The molecule has 0 unspecified atom stereocenters. The summed E-state index contributed by atoms with van der Waals surface area (Å²) in [4.78, 5) is 2.27. The van der Waals surface area contributed by atoms with E-state index in [9.17, 15) is 0 Å². The highest BCUT2D eigenvalue weighted by Crippen LogP contribution is 2.28. The van der Waals surface area contributed by atoms with Crippen LogP contribution >= 0.6 is 11.8 Å². The van der Waals surface area contributed by atoms with Crippen molar-refractivity contribution in [3.05, 3.63) is 46.8 Å². The number of rotatable bonds is 4. The predicted octanol–water partition coefficient (Wildman–Crippen LogP) is 5.32. The molecule has 0 amide bonds. The molecule has 0 aromatic rings. The van der Waals surface area contributed by atoms with Gasteiger partial charge in [0.15, 0.2) is 0 Å². The molecule has 0 N–H and O–H groups in total. The van der Waals surface area contributed by atoms with Crippen molar-refractivity contribution in [2.24, 2.45) is 0 Å². The Hall–Kier alpha value is -0.690. The van der Waals surface area contributed by atoms with Gasteiger partial charge in [-0.15, -0.1) is 0 Å². The highest BCUT2D eigenvalue weighted by Gasteiger charge is 1.97. The first-order valence-electron chi connectivity index (χ1n) is 4.90. The largest absolute Gasteiger partial charge is 0.0952 e. The lowest BCUT2D eigenvalue weighted by molar-refractivity contribution is 1.50. The summed E-state index contributed by atoms with van der Waals surface area (Å²) in [6, 6.07) is 0. The average Bonchev–Trinajstić information content (AvgIpc) is 2.14. The highest BCUT2D eigenvalue weighted by atomic mass is 32.2. The van der Waals surface area contributed by atoms with E-state index in [1.165, 1.54) is 4.91 Å². The third-order valence-electron chi connectivity index (χ3n) is 1.14. The second-order valence-corrected chi connectivity index (χ2v) is 3.98. The molecule has 0 aliphatic heterocycles. The van der Waals surface area contributed by atoms with Crippen molar-refractivity contribution in [2.75, 3.05) is 0 Å². The van der Waals surface area contributed by atoms with E-state index < -0.39 is 0 Å². The van der Waals surface area contributed by atoms with Gasteiger partial charge >= 0.3 is 0 Å². The van der Waals surface area contributed by atoms with Crippen LogP contribution in [0.25, 0.3) is 0 Å². The van der Waals surface area contributed by atoms with Crippen LogP contribution in [-0.4, -0.2) is 0 Å². The first kappa shape index (κ1) is 15.8. The summed E-state index contributed by atoms with van der Waals surface area (Å²) in [5, 5.41) is 0. The van der Waals surface area contributed by atoms with Crippen LogP contribution in [0.3, 0.4) is 0 Å². The van der Waals surface area contributed by atoms with Crippen LogP contribution in [-0.2, 0) is 0 Å². The molecule has 0 radical (unpaired) electrons. The third-order valence-corrected chi connectivity index (χ3v) is 2.20. The van der Waals surface area contributed by atoms with E-state index in [2.05, 4.69) is 19.2 Å². The van der Waals surface area contributed by atoms with Gasteiger partial charge in [0.25, 0.3) is 0 Å². The minimum Gasteiger partial charge on any atom is -0.0952 e. The van der Waals surface area contributed by atoms with Crippen molar-refractivity contribution in [3.63, 3.8) is 0 Å². The van der Waals surface area contributed by atoms with Crippen molar-refractivity contribution in [1.82, 2.24) is 0 Å². The molecule has 0 aliphatic carbocycles. The molecule has 0 fully saturated rings. The van der Waals surface area contributed by atoms with Crippen LogP contribution in [0.5, 0.6) is 0 Å². The van der Waals surface area contributed by atoms with Gasteiger partial charge in [-0.3, -0.25) is 0 Å². The van der Waals surface area contributed by atoms with Crippen LogP contribution in [0.1, 0.15) is 34.6 Å². The van der Waals surface area contributed by atoms with Gasteiger partial charge in [0.05, 0.1) is 0 Å². The minimum absolute atomic E-state index is 1.08. The fraction of sp³-hybridized carbons (Fsp3) is 0.385. The van der Waals surface area contributed by atoms with Gasteiger partial charge < -0.3 is 0 Å². The SMILES string of the molecule is C=C(C)S/C(=C/C=C\C)C(=C)C.CC. The van der Waals surface area contributed by atoms with Crippen molar-refractivity contribution in [3.8, 4) is 0 Å². The topological polar surface area (TPSA) is 0 Å². The number of hydrogen-bond acceptors (Lipinski definition) is 1. The molecule has 0 aliphatic rings. The molecule has 1 heteroatoms. The smallest absolute Gasteiger partial charge is 0.0141 e. The maximum Gasteiger partial charge on any atom is 0.0141 e. The molecule has 0 saturated carbocycles. The van der Waals surface area contributed by atoms with Gasteiger partial charge in [-0.1, -0.05) is 50.9 Å². The summed E-state index contributed by atoms with van der Waals surface area (Å²) in [7, 11) is 0. The third kappa shape index (κ3) is 9.40. The molecular formula is C13H22S. The predicted molar refractivity (Wildman–Crippen MR) is 71.5 cm³/mol. The molecule has 0 spiro atoms. The Bertz CT molecular complexity index is 232. The Balaban J connectivity index is 0. The molecule has 80 valence electrons. The normalized spacial score (nSPS) is 10.8. The standard InChI is InChI=1S/C11H16S.C2H6/c1-6-7-8-11(9(2)3)12-10(4)5;1-2/h6-8H,2,4H2,1,3,5H3;1-2H3/b7-6-,11-8+;. The zero-order valence-corrected chi connectivity index (χ0v) is 10.9. The summed E-state index contributed by atoms with van der Waals surface area (Å²) in [5.41, 5.74) is 1.08. The second kappa shape index (κ2) is 10.4. The van der Waals surface area contributed by atoms with E-state index in [0.29, 0.717) is 0 Å². The first-order valence-corrected chi connectivity index (χ1v) is 5.71. The van der Waals surface area contributed by atoms with Crippen LogP contribution < -0.4 is 0 Å². The molecule has 14 heavy (non-hydrogen) atoms. The Morgan fingerprint density at radius 1 is 1.14 bits per heavy atom. The van der Waals surface area contributed by atoms with Gasteiger partial charge in [0.1, 0.15) is 0 Å². The maximum atomic E-state index is 3.90. The Labute approximate surface area is 93.5 Å². The van der Waals surface area contributed by atoms with Gasteiger partial charge in [0, 0.05) is 4.91 Å². The van der Waals surface area contributed by atoms with Crippen molar-refractivity contribution < 1.29 is 0 Å². The van der Waals surface area contributed by atoms with Crippen LogP contribution in [0.4, 0.5) is 0 Å². The van der Waals surface area contributed by atoms with E-state index in [4.69, 9.17) is 0 Å². The summed E-state index contributed by atoms with van der Waals surface area (Å²) in [6.07, 6.45) is 6.07. The molecule has 0 aromatic carbocycles. The fourth-order valence-electron chi connectivity index (χ4n) is 0.635. The summed E-state index contributed by atoms with van der Waals surface area (Å²) < 4.78 is 0. The van der Waals surface area contributed by atoms with E-state index >= 15 is 0 Å². The average molecular weight is 210 g/mol. The Kier molecular flexibility index (Phi) is 11.7. The molecule has 0 bridgehead atoms. The molecule has 0 heterocycles. The molecule has 0 nitrogen and oxygen atoms in total. The zero-order chi connectivity index (χ0) is 11.6. The molecule has 0 saturated heterocycles. The quantitative estimate of drug-likeness (QED) is 0.566. The molecule has 0 atom stereocenters. The number of hydrogen-bond donors (Lipinski definition) is 0. The lowest BCUT2D eigenvalue weighted by atomic mass is 10.3. The minimum atomic E-state index is 1.08. The number of thioether (sulfide) groups is 1. The first-order chi connectivity index (χ1) is 6.57.